The zero-order chi connectivity index (χ0) is 18.4. The summed E-state index contributed by atoms with van der Waals surface area (Å²) in [6, 6.07) is 11.5. The number of halogens is 1. The second-order valence-corrected chi connectivity index (χ2v) is 6.32. The Morgan fingerprint density at radius 2 is 2.07 bits per heavy atom. The summed E-state index contributed by atoms with van der Waals surface area (Å²) in [7, 11) is 0. The molecule has 0 saturated carbocycles. The molecular formula is C19H26IN5O2. The second kappa shape index (κ2) is 9.75. The molecule has 0 aliphatic heterocycles. The molecule has 0 amide bonds. The minimum absolute atomic E-state index is 0. The second-order valence-electron chi connectivity index (χ2n) is 6.32. The number of imidazole rings is 1. The van der Waals surface area contributed by atoms with Gasteiger partial charge in [-0.2, -0.15) is 0 Å². The van der Waals surface area contributed by atoms with E-state index < -0.39 is 5.60 Å². The third kappa shape index (κ3) is 5.70. The number of H-pyrrole nitrogens is 1. The number of aromatic amines is 1. The minimum atomic E-state index is -1.15. The lowest BCUT2D eigenvalue weighted by molar-refractivity contribution is 0.0437. The summed E-state index contributed by atoms with van der Waals surface area (Å²) in [4.78, 5) is 12.3. The summed E-state index contributed by atoms with van der Waals surface area (Å²) in [5.41, 5.74) is 0.861. The van der Waals surface area contributed by atoms with Gasteiger partial charge in [-0.25, -0.2) is 9.98 Å². The van der Waals surface area contributed by atoms with Crippen molar-refractivity contribution in [2.24, 2.45) is 4.99 Å². The lowest BCUT2D eigenvalue weighted by atomic mass is 10.0. The highest BCUT2D eigenvalue weighted by molar-refractivity contribution is 14.0. The average Bonchev–Trinajstić information content (AvgIpc) is 3.29. The zero-order valence-corrected chi connectivity index (χ0v) is 17.9. The molecule has 1 atom stereocenters. The standard InChI is InChI=1S/C19H25N5O2.HI/c1-3-20-18(22-13-19(2,25)16-9-6-12-26-16)21-11-10-17-23-14-7-4-5-8-15(14)24-17;/h4-9,12,25H,3,10-11,13H2,1-2H3,(H,23,24)(H2,20,21,22);1H. The van der Waals surface area contributed by atoms with Gasteiger partial charge in [-0.1, -0.05) is 12.1 Å². The molecule has 3 aromatic rings. The topological polar surface area (TPSA) is 98.5 Å². The van der Waals surface area contributed by atoms with Crippen LogP contribution in [0.3, 0.4) is 0 Å². The zero-order valence-electron chi connectivity index (χ0n) is 15.5. The number of guanidine groups is 1. The fourth-order valence-corrected chi connectivity index (χ4v) is 2.66. The normalized spacial score (nSPS) is 13.8. The summed E-state index contributed by atoms with van der Waals surface area (Å²) < 4.78 is 5.29. The number of furan rings is 1. The summed E-state index contributed by atoms with van der Waals surface area (Å²) in [5, 5.41) is 17.0. The van der Waals surface area contributed by atoms with Gasteiger partial charge in [-0.15, -0.1) is 24.0 Å². The first-order valence-electron chi connectivity index (χ1n) is 8.80. The van der Waals surface area contributed by atoms with Crippen molar-refractivity contribution in [3.8, 4) is 0 Å². The van der Waals surface area contributed by atoms with Crippen molar-refractivity contribution < 1.29 is 9.52 Å². The number of aliphatic imine (C=N–C) groups is 1. The highest BCUT2D eigenvalue weighted by Gasteiger charge is 2.26. The van der Waals surface area contributed by atoms with Crippen LogP contribution in [0.2, 0.25) is 0 Å². The van der Waals surface area contributed by atoms with Crippen LogP contribution >= 0.6 is 24.0 Å². The van der Waals surface area contributed by atoms with Crippen LogP contribution in [0, 0.1) is 0 Å². The van der Waals surface area contributed by atoms with Crippen molar-refractivity contribution in [1.82, 2.24) is 20.6 Å². The average molecular weight is 483 g/mol. The summed E-state index contributed by atoms with van der Waals surface area (Å²) in [5.74, 6) is 2.08. The Kier molecular flexibility index (Phi) is 7.66. The van der Waals surface area contributed by atoms with E-state index >= 15 is 0 Å². The Bertz CT molecular complexity index is 825. The van der Waals surface area contributed by atoms with E-state index in [0.29, 0.717) is 18.3 Å². The van der Waals surface area contributed by atoms with E-state index in [1.807, 2.05) is 31.2 Å². The fourth-order valence-electron chi connectivity index (χ4n) is 2.66. The first-order valence-corrected chi connectivity index (χ1v) is 8.80. The molecule has 146 valence electrons. The Hall–Kier alpha value is -2.07. The predicted molar refractivity (Wildman–Crippen MR) is 117 cm³/mol. The number of aromatic nitrogens is 2. The highest BCUT2D eigenvalue weighted by atomic mass is 127. The van der Waals surface area contributed by atoms with Gasteiger partial charge in [0, 0.05) is 19.5 Å². The molecule has 7 nitrogen and oxygen atoms in total. The van der Waals surface area contributed by atoms with Crippen LogP contribution in [0.15, 0.2) is 52.1 Å². The number of rotatable bonds is 7. The molecule has 2 aromatic heterocycles. The molecule has 0 aliphatic carbocycles. The molecule has 1 aromatic carbocycles. The van der Waals surface area contributed by atoms with Gasteiger partial charge in [-0.05, 0) is 38.1 Å². The molecule has 2 heterocycles. The maximum atomic E-state index is 10.5. The molecule has 0 fully saturated rings. The quantitative estimate of drug-likeness (QED) is 0.236. The first-order chi connectivity index (χ1) is 12.6. The predicted octanol–water partition coefficient (Wildman–Crippen LogP) is 2.78. The van der Waals surface area contributed by atoms with E-state index in [0.717, 1.165) is 29.8 Å². The lowest BCUT2D eigenvalue weighted by Crippen LogP contribution is -2.39. The third-order valence-corrected chi connectivity index (χ3v) is 4.03. The van der Waals surface area contributed by atoms with Crippen molar-refractivity contribution >= 4 is 41.0 Å². The van der Waals surface area contributed by atoms with Crippen LogP contribution in [0.5, 0.6) is 0 Å². The molecule has 0 bridgehead atoms. The van der Waals surface area contributed by atoms with Crippen LogP contribution in [0.25, 0.3) is 11.0 Å². The molecule has 0 spiro atoms. The van der Waals surface area contributed by atoms with Gasteiger partial charge >= 0.3 is 0 Å². The molecule has 3 rings (SSSR count). The van der Waals surface area contributed by atoms with Gasteiger partial charge in [0.25, 0.3) is 0 Å². The maximum absolute atomic E-state index is 10.5. The van der Waals surface area contributed by atoms with E-state index in [-0.39, 0.29) is 30.5 Å². The lowest BCUT2D eigenvalue weighted by Gasteiger charge is -2.19. The fraction of sp³-hybridized carbons (Fsp3) is 0.368. The van der Waals surface area contributed by atoms with Gasteiger partial charge in [-0.3, -0.25) is 0 Å². The number of para-hydroxylation sites is 2. The van der Waals surface area contributed by atoms with Gasteiger partial charge in [0.2, 0.25) is 0 Å². The van der Waals surface area contributed by atoms with Crippen LogP contribution < -0.4 is 10.6 Å². The number of hydrogen-bond acceptors (Lipinski definition) is 4. The van der Waals surface area contributed by atoms with E-state index in [9.17, 15) is 5.11 Å². The highest BCUT2D eigenvalue weighted by Crippen LogP contribution is 2.21. The molecule has 27 heavy (non-hydrogen) atoms. The van der Waals surface area contributed by atoms with E-state index in [4.69, 9.17) is 4.42 Å². The van der Waals surface area contributed by atoms with Crippen LogP contribution in [0.1, 0.15) is 25.4 Å². The summed E-state index contributed by atoms with van der Waals surface area (Å²) >= 11 is 0. The van der Waals surface area contributed by atoms with Gasteiger partial charge in [0.15, 0.2) is 5.96 Å². The number of fused-ring (bicyclic) bond motifs is 1. The monoisotopic (exact) mass is 483 g/mol. The van der Waals surface area contributed by atoms with E-state index in [1.54, 1.807) is 25.3 Å². The van der Waals surface area contributed by atoms with Crippen molar-refractivity contribution in [2.75, 3.05) is 19.6 Å². The first kappa shape index (κ1) is 21.2. The van der Waals surface area contributed by atoms with Crippen molar-refractivity contribution in [2.45, 2.75) is 25.9 Å². The largest absolute Gasteiger partial charge is 0.466 e. The molecule has 0 saturated heterocycles. The molecule has 0 radical (unpaired) electrons. The smallest absolute Gasteiger partial charge is 0.191 e. The molecule has 0 aliphatic rings. The maximum Gasteiger partial charge on any atom is 0.191 e. The van der Waals surface area contributed by atoms with Gasteiger partial charge in [0.05, 0.1) is 23.8 Å². The van der Waals surface area contributed by atoms with Gasteiger partial charge in [0.1, 0.15) is 17.2 Å². The minimum Gasteiger partial charge on any atom is -0.466 e. The van der Waals surface area contributed by atoms with Crippen molar-refractivity contribution in [1.29, 1.82) is 0 Å². The van der Waals surface area contributed by atoms with Gasteiger partial charge < -0.3 is 25.1 Å². The molecule has 4 N–H and O–H groups in total. The summed E-state index contributed by atoms with van der Waals surface area (Å²) in [6.45, 7) is 5.29. The Labute approximate surface area is 175 Å². The van der Waals surface area contributed by atoms with Crippen molar-refractivity contribution in [3.63, 3.8) is 0 Å². The molecule has 8 heteroatoms. The number of nitrogens with zero attached hydrogens (tertiary/aromatic N) is 2. The van der Waals surface area contributed by atoms with Crippen molar-refractivity contribution in [3.05, 3.63) is 54.2 Å². The van der Waals surface area contributed by atoms with Crippen LogP contribution in [-0.2, 0) is 12.0 Å². The molecular weight excluding hydrogens is 457 g/mol. The van der Waals surface area contributed by atoms with E-state index in [1.165, 1.54) is 0 Å². The molecule has 1 unspecified atom stereocenters. The van der Waals surface area contributed by atoms with E-state index in [2.05, 4.69) is 25.6 Å². The number of hydrogen-bond donors (Lipinski definition) is 4. The van der Waals surface area contributed by atoms with Crippen LogP contribution in [0.4, 0.5) is 0 Å². The number of nitrogens with one attached hydrogen (secondary N) is 3. The Morgan fingerprint density at radius 3 is 2.78 bits per heavy atom. The number of aliphatic hydroxyl groups is 1. The SMILES string of the molecule is CCNC(=NCC(C)(O)c1ccco1)NCCc1nc2ccccc2[nH]1.I. The third-order valence-electron chi connectivity index (χ3n) is 4.03. The van der Waals surface area contributed by atoms with Crippen LogP contribution in [-0.4, -0.2) is 40.7 Å². The summed E-state index contributed by atoms with van der Waals surface area (Å²) in [6.07, 6.45) is 2.29. The number of benzene rings is 1. The Morgan fingerprint density at radius 1 is 1.26 bits per heavy atom. The Balaban J connectivity index is 0.00000261.